The Bertz CT molecular complexity index is 641. The standard InChI is InChI=1S/C15H15BrN2O/c16-13-5-1-4-12-11(13)3-2-6-14(12)18-9-10(8-17)7-15(18)19/h1-6,10H,7-9,17H2. The molecule has 0 radical (unpaired) electrons. The van der Waals surface area contributed by atoms with E-state index in [0.717, 1.165) is 27.5 Å². The van der Waals surface area contributed by atoms with Crippen LogP contribution in [0.1, 0.15) is 6.42 Å². The first-order valence-electron chi connectivity index (χ1n) is 6.38. The van der Waals surface area contributed by atoms with E-state index in [1.165, 1.54) is 0 Å². The van der Waals surface area contributed by atoms with Gasteiger partial charge >= 0.3 is 0 Å². The highest BCUT2D eigenvalue weighted by Crippen LogP contribution is 2.34. The smallest absolute Gasteiger partial charge is 0.227 e. The van der Waals surface area contributed by atoms with Crippen molar-refractivity contribution in [1.29, 1.82) is 0 Å². The Kier molecular flexibility index (Phi) is 3.29. The third-order valence-corrected chi connectivity index (χ3v) is 4.37. The van der Waals surface area contributed by atoms with Gasteiger partial charge in [-0.2, -0.15) is 0 Å². The minimum absolute atomic E-state index is 0.169. The largest absolute Gasteiger partial charge is 0.330 e. The van der Waals surface area contributed by atoms with Crippen LogP contribution in [0.15, 0.2) is 40.9 Å². The third kappa shape index (κ3) is 2.15. The molecule has 2 N–H and O–H groups in total. The molecule has 1 unspecified atom stereocenters. The Morgan fingerprint density at radius 2 is 1.95 bits per heavy atom. The maximum atomic E-state index is 12.1. The number of halogens is 1. The van der Waals surface area contributed by atoms with Crippen LogP contribution >= 0.6 is 15.9 Å². The van der Waals surface area contributed by atoms with Gasteiger partial charge in [0.15, 0.2) is 0 Å². The van der Waals surface area contributed by atoms with Crippen LogP contribution in [-0.4, -0.2) is 19.0 Å². The molecular formula is C15H15BrN2O. The second-order valence-electron chi connectivity index (χ2n) is 4.92. The predicted molar refractivity (Wildman–Crippen MR) is 81.2 cm³/mol. The van der Waals surface area contributed by atoms with Crippen LogP contribution in [0.5, 0.6) is 0 Å². The lowest BCUT2D eigenvalue weighted by atomic mass is 10.1. The summed E-state index contributed by atoms with van der Waals surface area (Å²) in [5.74, 6) is 0.442. The number of hydrogen-bond donors (Lipinski definition) is 1. The molecule has 4 heteroatoms. The first-order chi connectivity index (χ1) is 9.20. The van der Waals surface area contributed by atoms with Gasteiger partial charge in [-0.25, -0.2) is 0 Å². The Labute approximate surface area is 120 Å². The molecule has 1 aliphatic heterocycles. The van der Waals surface area contributed by atoms with Crippen molar-refractivity contribution in [2.45, 2.75) is 6.42 Å². The highest BCUT2D eigenvalue weighted by molar-refractivity contribution is 9.10. The molecule has 0 aromatic heterocycles. The van der Waals surface area contributed by atoms with E-state index in [0.29, 0.717) is 13.0 Å². The van der Waals surface area contributed by atoms with Gasteiger partial charge in [-0.1, -0.05) is 40.2 Å². The van der Waals surface area contributed by atoms with Crippen molar-refractivity contribution >= 4 is 38.3 Å². The van der Waals surface area contributed by atoms with Gasteiger partial charge in [0.2, 0.25) is 5.91 Å². The van der Waals surface area contributed by atoms with Gasteiger partial charge in [0.25, 0.3) is 0 Å². The van der Waals surface area contributed by atoms with Crippen LogP contribution in [0.4, 0.5) is 5.69 Å². The Morgan fingerprint density at radius 1 is 1.21 bits per heavy atom. The molecule has 19 heavy (non-hydrogen) atoms. The zero-order chi connectivity index (χ0) is 13.4. The number of rotatable bonds is 2. The summed E-state index contributed by atoms with van der Waals surface area (Å²) in [6.45, 7) is 1.29. The van der Waals surface area contributed by atoms with E-state index >= 15 is 0 Å². The minimum atomic E-state index is 0.169. The second-order valence-corrected chi connectivity index (χ2v) is 5.78. The maximum Gasteiger partial charge on any atom is 0.227 e. The van der Waals surface area contributed by atoms with Crippen molar-refractivity contribution in [3.63, 3.8) is 0 Å². The average molecular weight is 319 g/mol. The topological polar surface area (TPSA) is 46.3 Å². The Balaban J connectivity index is 2.11. The van der Waals surface area contributed by atoms with E-state index in [1.807, 2.05) is 29.2 Å². The number of anilines is 1. The molecule has 3 nitrogen and oxygen atoms in total. The van der Waals surface area contributed by atoms with E-state index in [9.17, 15) is 4.79 Å². The lowest BCUT2D eigenvalue weighted by Gasteiger charge is -2.19. The fraction of sp³-hybridized carbons (Fsp3) is 0.267. The summed E-state index contributed by atoms with van der Waals surface area (Å²) in [4.78, 5) is 14.0. The van der Waals surface area contributed by atoms with Gasteiger partial charge in [0.1, 0.15) is 0 Å². The van der Waals surface area contributed by atoms with Crippen LogP contribution in [0, 0.1) is 5.92 Å². The second kappa shape index (κ2) is 4.94. The fourth-order valence-electron chi connectivity index (χ4n) is 2.66. The predicted octanol–water partition coefficient (Wildman–Crippen LogP) is 2.91. The Morgan fingerprint density at radius 3 is 2.68 bits per heavy atom. The molecule has 3 rings (SSSR count). The lowest BCUT2D eigenvalue weighted by Crippen LogP contribution is -2.25. The summed E-state index contributed by atoms with van der Waals surface area (Å²) in [6.07, 6.45) is 0.556. The van der Waals surface area contributed by atoms with Crippen LogP contribution in [-0.2, 0) is 4.79 Å². The SMILES string of the molecule is NCC1CC(=O)N(c2cccc3c(Br)cccc23)C1. The molecule has 1 aliphatic rings. The van der Waals surface area contributed by atoms with Crippen LogP contribution in [0.25, 0.3) is 10.8 Å². The van der Waals surface area contributed by atoms with Gasteiger partial charge in [0.05, 0.1) is 5.69 Å². The average Bonchev–Trinajstić information content (AvgIpc) is 2.80. The van der Waals surface area contributed by atoms with Crippen molar-refractivity contribution in [2.75, 3.05) is 18.0 Å². The number of carbonyl (C=O) groups is 1. The number of amides is 1. The number of fused-ring (bicyclic) bond motifs is 1. The Hall–Kier alpha value is -1.39. The molecule has 1 saturated heterocycles. The summed E-state index contributed by atoms with van der Waals surface area (Å²) < 4.78 is 1.05. The summed E-state index contributed by atoms with van der Waals surface area (Å²) in [5, 5.41) is 2.23. The van der Waals surface area contributed by atoms with Gasteiger partial charge in [-0.05, 0) is 30.0 Å². The van der Waals surface area contributed by atoms with Crippen molar-refractivity contribution in [3.8, 4) is 0 Å². The highest BCUT2D eigenvalue weighted by Gasteiger charge is 2.30. The van der Waals surface area contributed by atoms with Gasteiger partial charge in [-0.3, -0.25) is 4.79 Å². The molecule has 1 heterocycles. The minimum Gasteiger partial charge on any atom is -0.330 e. The molecule has 0 bridgehead atoms. The van der Waals surface area contributed by atoms with E-state index in [-0.39, 0.29) is 11.8 Å². The third-order valence-electron chi connectivity index (χ3n) is 3.68. The lowest BCUT2D eigenvalue weighted by molar-refractivity contribution is -0.117. The van der Waals surface area contributed by atoms with Crippen LogP contribution in [0.3, 0.4) is 0 Å². The normalized spacial score (nSPS) is 19.4. The number of nitrogens with zero attached hydrogens (tertiary/aromatic N) is 1. The van der Waals surface area contributed by atoms with E-state index < -0.39 is 0 Å². The van der Waals surface area contributed by atoms with E-state index in [1.54, 1.807) is 0 Å². The van der Waals surface area contributed by atoms with E-state index in [2.05, 4.69) is 28.1 Å². The number of hydrogen-bond acceptors (Lipinski definition) is 2. The number of nitrogens with two attached hydrogens (primary N) is 1. The van der Waals surface area contributed by atoms with Crippen molar-refractivity contribution in [1.82, 2.24) is 0 Å². The summed E-state index contributed by atoms with van der Waals surface area (Å²) in [5.41, 5.74) is 6.67. The molecule has 0 aliphatic carbocycles. The fourth-order valence-corrected chi connectivity index (χ4v) is 3.16. The molecule has 98 valence electrons. The first-order valence-corrected chi connectivity index (χ1v) is 7.17. The monoisotopic (exact) mass is 318 g/mol. The van der Waals surface area contributed by atoms with E-state index in [4.69, 9.17) is 5.73 Å². The van der Waals surface area contributed by atoms with Gasteiger partial charge in [0, 0.05) is 22.8 Å². The highest BCUT2D eigenvalue weighted by atomic mass is 79.9. The molecule has 1 amide bonds. The number of carbonyl (C=O) groups excluding carboxylic acids is 1. The van der Waals surface area contributed by atoms with Gasteiger partial charge < -0.3 is 10.6 Å². The van der Waals surface area contributed by atoms with Crippen LogP contribution in [0.2, 0.25) is 0 Å². The maximum absolute atomic E-state index is 12.1. The number of benzene rings is 2. The quantitative estimate of drug-likeness (QED) is 0.925. The molecule has 0 spiro atoms. The molecule has 2 aromatic rings. The first kappa shape index (κ1) is 12.6. The van der Waals surface area contributed by atoms with Gasteiger partial charge in [-0.15, -0.1) is 0 Å². The molecule has 2 aromatic carbocycles. The van der Waals surface area contributed by atoms with Crippen molar-refractivity contribution in [2.24, 2.45) is 11.7 Å². The molecular weight excluding hydrogens is 304 g/mol. The molecule has 1 atom stereocenters. The summed E-state index contributed by atoms with van der Waals surface area (Å²) in [6, 6.07) is 12.1. The molecule has 0 saturated carbocycles. The van der Waals surface area contributed by atoms with Crippen molar-refractivity contribution in [3.05, 3.63) is 40.9 Å². The van der Waals surface area contributed by atoms with Crippen molar-refractivity contribution < 1.29 is 4.79 Å². The van der Waals surface area contributed by atoms with Crippen LogP contribution < -0.4 is 10.6 Å². The summed E-state index contributed by atoms with van der Waals surface area (Å²) in [7, 11) is 0. The zero-order valence-corrected chi connectivity index (χ0v) is 12.1. The molecule has 1 fully saturated rings. The zero-order valence-electron chi connectivity index (χ0n) is 10.5. The summed E-state index contributed by atoms with van der Waals surface area (Å²) >= 11 is 3.56.